The summed E-state index contributed by atoms with van der Waals surface area (Å²) in [5.41, 5.74) is 0. The average molecular weight is 282 g/mol. The monoisotopic (exact) mass is 282 g/mol. The third-order valence-electron chi connectivity index (χ3n) is 2.10. The van der Waals surface area contributed by atoms with Crippen molar-refractivity contribution in [1.29, 1.82) is 0 Å². The van der Waals surface area contributed by atoms with E-state index in [1.54, 1.807) is 0 Å². The number of halogens is 1. The van der Waals surface area contributed by atoms with Gasteiger partial charge in [-0.2, -0.15) is 0 Å². The van der Waals surface area contributed by atoms with Crippen molar-refractivity contribution < 1.29 is 4.74 Å². The second-order valence-corrected chi connectivity index (χ2v) is 4.68. The van der Waals surface area contributed by atoms with E-state index in [0.29, 0.717) is 16.1 Å². The van der Waals surface area contributed by atoms with E-state index in [0.717, 1.165) is 12.8 Å². The summed E-state index contributed by atoms with van der Waals surface area (Å²) in [6.45, 7) is 5.86. The minimum atomic E-state index is 0. The van der Waals surface area contributed by atoms with E-state index < -0.39 is 0 Å². The molecule has 0 aromatic heterocycles. The molecule has 0 saturated carbocycles. The van der Waals surface area contributed by atoms with E-state index >= 15 is 0 Å². The van der Waals surface area contributed by atoms with Crippen molar-refractivity contribution in [3.63, 3.8) is 0 Å². The number of ether oxygens (including phenoxy) is 1. The molecular weight excluding hydrogens is 263 g/mol. The van der Waals surface area contributed by atoms with Crippen LogP contribution in [0.2, 0.25) is 0 Å². The molecule has 2 heteroatoms. The highest BCUT2D eigenvalue weighted by Gasteiger charge is 2.29. The Morgan fingerprint density at radius 3 is 2.75 bits per heavy atom. The molecule has 0 spiro atoms. The van der Waals surface area contributed by atoms with E-state index in [1.165, 1.54) is 6.42 Å². The van der Waals surface area contributed by atoms with Crippen molar-refractivity contribution in [2.45, 2.75) is 49.7 Å². The molecule has 1 saturated heterocycles. The summed E-state index contributed by atoms with van der Waals surface area (Å²) in [4.78, 5) is 0. The third kappa shape index (κ3) is 3.44. The Balaban J connectivity index is 0.00000121. The number of hydrogen-bond donors (Lipinski definition) is 0. The summed E-state index contributed by atoms with van der Waals surface area (Å²) in [6.07, 6.45) is 6.35. The van der Waals surface area contributed by atoms with Crippen LogP contribution in [0.5, 0.6) is 0 Å². The first-order chi connectivity index (χ1) is 5.24. The van der Waals surface area contributed by atoms with E-state index in [1.807, 2.05) is 6.08 Å². The standard InChI is InChI=1S/C9H15IO.CH4/c1-3-4-5-8-6-9(10)7(2)11-8;/h3,7-9H,1,4-6H2,2H3;1H4. The molecule has 3 atom stereocenters. The maximum atomic E-state index is 5.72. The van der Waals surface area contributed by atoms with Gasteiger partial charge in [0.15, 0.2) is 0 Å². The smallest absolute Gasteiger partial charge is 0.0669 e. The van der Waals surface area contributed by atoms with Crippen molar-refractivity contribution in [3.05, 3.63) is 12.7 Å². The van der Waals surface area contributed by atoms with Gasteiger partial charge in [-0.1, -0.05) is 36.1 Å². The van der Waals surface area contributed by atoms with E-state index in [-0.39, 0.29) is 7.43 Å². The lowest BCUT2D eigenvalue weighted by atomic mass is 10.1. The molecule has 3 unspecified atom stereocenters. The molecule has 1 heterocycles. The van der Waals surface area contributed by atoms with Crippen molar-refractivity contribution in [1.82, 2.24) is 0 Å². The Hall–Kier alpha value is 0.430. The lowest BCUT2D eigenvalue weighted by molar-refractivity contribution is 0.0532. The molecule has 1 fully saturated rings. The van der Waals surface area contributed by atoms with Crippen LogP contribution in [0.15, 0.2) is 12.7 Å². The minimum absolute atomic E-state index is 0. The molecular formula is C10H19IO. The Bertz CT molecular complexity index is 126. The quantitative estimate of drug-likeness (QED) is 0.437. The van der Waals surface area contributed by atoms with Crippen molar-refractivity contribution in [3.8, 4) is 0 Å². The topological polar surface area (TPSA) is 9.23 Å². The van der Waals surface area contributed by atoms with Crippen LogP contribution >= 0.6 is 22.6 Å². The second-order valence-electron chi connectivity index (χ2n) is 3.08. The van der Waals surface area contributed by atoms with E-state index in [2.05, 4.69) is 36.1 Å². The van der Waals surface area contributed by atoms with Gasteiger partial charge in [-0.05, 0) is 26.2 Å². The van der Waals surface area contributed by atoms with E-state index in [4.69, 9.17) is 4.74 Å². The van der Waals surface area contributed by atoms with Gasteiger partial charge in [0.1, 0.15) is 0 Å². The van der Waals surface area contributed by atoms with Crippen LogP contribution in [0.1, 0.15) is 33.6 Å². The zero-order valence-corrected chi connectivity index (χ0v) is 9.08. The molecule has 12 heavy (non-hydrogen) atoms. The van der Waals surface area contributed by atoms with Gasteiger partial charge < -0.3 is 4.74 Å². The molecule has 0 aliphatic carbocycles. The van der Waals surface area contributed by atoms with Crippen LogP contribution in [0.4, 0.5) is 0 Å². The zero-order chi connectivity index (χ0) is 8.27. The fourth-order valence-electron chi connectivity index (χ4n) is 1.38. The largest absolute Gasteiger partial charge is 0.374 e. The molecule has 0 aromatic rings. The Labute approximate surface area is 89.7 Å². The van der Waals surface area contributed by atoms with Crippen molar-refractivity contribution >= 4 is 22.6 Å². The van der Waals surface area contributed by atoms with Crippen molar-refractivity contribution in [2.75, 3.05) is 0 Å². The minimum Gasteiger partial charge on any atom is -0.374 e. The first kappa shape index (κ1) is 12.4. The van der Waals surface area contributed by atoms with Gasteiger partial charge >= 0.3 is 0 Å². The molecule has 0 N–H and O–H groups in total. The molecule has 0 aromatic carbocycles. The van der Waals surface area contributed by atoms with Crippen LogP contribution in [0.3, 0.4) is 0 Å². The van der Waals surface area contributed by atoms with Crippen LogP contribution in [0.25, 0.3) is 0 Å². The lowest BCUT2D eigenvalue weighted by Crippen LogP contribution is -2.09. The predicted octanol–water partition coefficient (Wildman–Crippen LogP) is 3.57. The highest BCUT2D eigenvalue weighted by atomic mass is 127. The lowest BCUT2D eigenvalue weighted by Gasteiger charge is -2.08. The summed E-state index contributed by atoms with van der Waals surface area (Å²) < 4.78 is 6.43. The number of rotatable bonds is 3. The zero-order valence-electron chi connectivity index (χ0n) is 6.92. The molecule has 1 aliphatic heterocycles. The van der Waals surface area contributed by atoms with Gasteiger partial charge in [0.25, 0.3) is 0 Å². The Morgan fingerprint density at radius 2 is 2.33 bits per heavy atom. The third-order valence-corrected chi connectivity index (χ3v) is 3.62. The van der Waals surface area contributed by atoms with Gasteiger partial charge in [0.05, 0.1) is 12.2 Å². The van der Waals surface area contributed by atoms with Crippen LogP contribution in [-0.2, 0) is 4.74 Å². The first-order valence-corrected chi connectivity index (χ1v) is 5.39. The molecule has 1 rings (SSSR count). The van der Waals surface area contributed by atoms with Crippen LogP contribution in [-0.4, -0.2) is 16.1 Å². The Kier molecular flexibility index (Phi) is 6.19. The van der Waals surface area contributed by atoms with Gasteiger partial charge in [0.2, 0.25) is 0 Å². The summed E-state index contributed by atoms with van der Waals surface area (Å²) in [5, 5.41) is 0. The molecule has 1 aliphatic rings. The van der Waals surface area contributed by atoms with Gasteiger partial charge in [-0.15, -0.1) is 6.58 Å². The van der Waals surface area contributed by atoms with Gasteiger partial charge in [0, 0.05) is 3.92 Å². The maximum absolute atomic E-state index is 5.72. The van der Waals surface area contributed by atoms with Crippen molar-refractivity contribution in [2.24, 2.45) is 0 Å². The van der Waals surface area contributed by atoms with E-state index in [9.17, 15) is 0 Å². The molecule has 0 bridgehead atoms. The van der Waals surface area contributed by atoms with Crippen LogP contribution in [0, 0.1) is 0 Å². The summed E-state index contributed by atoms with van der Waals surface area (Å²) in [7, 11) is 0. The number of hydrogen-bond acceptors (Lipinski definition) is 1. The van der Waals surface area contributed by atoms with Gasteiger partial charge in [-0.25, -0.2) is 0 Å². The maximum Gasteiger partial charge on any atom is 0.0669 e. The fourth-order valence-corrected chi connectivity index (χ4v) is 2.11. The highest BCUT2D eigenvalue weighted by Crippen LogP contribution is 2.28. The Morgan fingerprint density at radius 1 is 1.67 bits per heavy atom. The average Bonchev–Trinajstić information content (AvgIpc) is 2.28. The first-order valence-electron chi connectivity index (χ1n) is 4.14. The summed E-state index contributed by atoms with van der Waals surface area (Å²) in [6, 6.07) is 0. The molecule has 1 nitrogen and oxygen atoms in total. The fraction of sp³-hybridized carbons (Fsp3) is 0.800. The molecule has 0 amide bonds. The molecule has 0 radical (unpaired) electrons. The SMILES string of the molecule is C.C=CCCC1CC(I)C(C)O1. The van der Waals surface area contributed by atoms with Crippen LogP contribution < -0.4 is 0 Å². The summed E-state index contributed by atoms with van der Waals surface area (Å²) in [5.74, 6) is 0. The predicted molar refractivity (Wildman–Crippen MR) is 62.9 cm³/mol. The second kappa shape index (κ2) is 5.97. The normalized spacial score (nSPS) is 34.3. The summed E-state index contributed by atoms with van der Waals surface area (Å²) >= 11 is 2.47. The number of allylic oxidation sites excluding steroid dienone is 1. The highest BCUT2D eigenvalue weighted by molar-refractivity contribution is 14.1. The molecule has 72 valence electrons. The number of alkyl halides is 1. The van der Waals surface area contributed by atoms with Gasteiger partial charge in [-0.3, -0.25) is 0 Å².